The summed E-state index contributed by atoms with van der Waals surface area (Å²) >= 11 is 0. The first-order valence-electron chi connectivity index (χ1n) is 9.14. The predicted molar refractivity (Wildman–Crippen MR) is 95.9 cm³/mol. The highest BCUT2D eigenvalue weighted by atomic mass is 16.5. The maximum Gasteiger partial charge on any atom is 0.253 e. The minimum atomic E-state index is -0.0378. The van der Waals surface area contributed by atoms with Gasteiger partial charge in [-0.3, -0.25) is 9.48 Å². The van der Waals surface area contributed by atoms with E-state index >= 15 is 0 Å². The Balaban J connectivity index is 1.31. The van der Waals surface area contributed by atoms with Gasteiger partial charge in [-0.2, -0.15) is 5.10 Å². The van der Waals surface area contributed by atoms with Gasteiger partial charge < -0.3 is 9.64 Å². The maximum atomic E-state index is 13.0. The van der Waals surface area contributed by atoms with E-state index in [0.717, 1.165) is 17.7 Å². The van der Waals surface area contributed by atoms with Crippen molar-refractivity contribution < 1.29 is 9.53 Å². The second-order valence-electron chi connectivity index (χ2n) is 7.03. The number of fused-ring (bicyclic) bond motifs is 3. The van der Waals surface area contributed by atoms with Crippen LogP contribution < -0.4 is 0 Å². The normalized spacial score (nSPS) is 21.6. The molecular formula is C19H20N6O2. The van der Waals surface area contributed by atoms with Crippen molar-refractivity contribution >= 4 is 5.91 Å². The van der Waals surface area contributed by atoms with Gasteiger partial charge >= 0.3 is 0 Å². The van der Waals surface area contributed by atoms with Crippen molar-refractivity contribution in [1.82, 2.24) is 29.7 Å². The Hall–Kier alpha value is -3.00. The minimum Gasteiger partial charge on any atom is -0.368 e. The molecular weight excluding hydrogens is 344 g/mol. The first kappa shape index (κ1) is 16.2. The van der Waals surface area contributed by atoms with Crippen LogP contribution in [0.1, 0.15) is 34.1 Å². The molecule has 0 radical (unpaired) electrons. The second-order valence-corrected chi connectivity index (χ2v) is 7.03. The molecule has 0 aliphatic carbocycles. The lowest BCUT2D eigenvalue weighted by molar-refractivity contribution is -0.0627. The summed E-state index contributed by atoms with van der Waals surface area (Å²) in [6.07, 6.45) is 6.20. The van der Waals surface area contributed by atoms with Crippen LogP contribution in [0.2, 0.25) is 0 Å². The van der Waals surface area contributed by atoms with Crippen LogP contribution in [0.4, 0.5) is 0 Å². The Morgan fingerprint density at radius 2 is 2.26 bits per heavy atom. The highest BCUT2D eigenvalue weighted by molar-refractivity contribution is 5.94. The van der Waals surface area contributed by atoms with Crippen molar-refractivity contribution in [1.29, 1.82) is 0 Å². The highest BCUT2D eigenvalue weighted by Gasteiger charge is 2.37. The molecule has 0 unspecified atom stereocenters. The average Bonchev–Trinajstić information content (AvgIpc) is 3.39. The summed E-state index contributed by atoms with van der Waals surface area (Å²) in [5.41, 5.74) is 2.76. The molecule has 8 nitrogen and oxygen atoms in total. The van der Waals surface area contributed by atoms with Crippen molar-refractivity contribution in [3.05, 3.63) is 65.7 Å². The van der Waals surface area contributed by atoms with Gasteiger partial charge in [-0.1, -0.05) is 17.3 Å². The van der Waals surface area contributed by atoms with Gasteiger partial charge in [0.05, 0.1) is 37.2 Å². The molecule has 8 heteroatoms. The van der Waals surface area contributed by atoms with Crippen LogP contribution in [-0.4, -0.2) is 54.8 Å². The summed E-state index contributed by atoms with van der Waals surface area (Å²) in [4.78, 5) is 14.9. The van der Waals surface area contributed by atoms with E-state index in [2.05, 4.69) is 15.4 Å². The second kappa shape index (κ2) is 6.62. The lowest BCUT2D eigenvalue weighted by Gasteiger charge is -2.41. The standard InChI is InChI=1S/C19H20N6O2/c26-19(15-4-1-3-14(9-15)11-24-7-2-6-21-24)23-8-5-17-18(12-23)27-13-16-10-20-22-25(16)17/h1-4,6-7,9-10,17-18H,5,8,11-13H2/t17-,18-/m0/s1. The number of amides is 1. The van der Waals surface area contributed by atoms with Gasteiger partial charge in [0.2, 0.25) is 0 Å². The number of benzene rings is 1. The molecule has 138 valence electrons. The Kier molecular flexibility index (Phi) is 3.97. The number of piperidine rings is 1. The van der Waals surface area contributed by atoms with Crippen LogP contribution in [0.5, 0.6) is 0 Å². The average molecular weight is 364 g/mol. The van der Waals surface area contributed by atoms with Crippen molar-refractivity contribution in [2.24, 2.45) is 0 Å². The molecule has 5 rings (SSSR count). The van der Waals surface area contributed by atoms with E-state index < -0.39 is 0 Å². The van der Waals surface area contributed by atoms with Crippen LogP contribution in [0.3, 0.4) is 0 Å². The molecule has 1 aromatic carbocycles. The summed E-state index contributed by atoms with van der Waals surface area (Å²) in [5.74, 6) is 0.0451. The lowest BCUT2D eigenvalue weighted by Crippen LogP contribution is -2.50. The summed E-state index contributed by atoms with van der Waals surface area (Å²) in [5, 5.41) is 12.4. The molecule has 1 saturated heterocycles. The number of nitrogens with zero attached hydrogens (tertiary/aromatic N) is 6. The first-order chi connectivity index (χ1) is 13.3. The fourth-order valence-electron chi connectivity index (χ4n) is 3.94. The molecule has 27 heavy (non-hydrogen) atoms. The Labute approximate surface area is 156 Å². The van der Waals surface area contributed by atoms with Crippen LogP contribution in [0.15, 0.2) is 48.9 Å². The van der Waals surface area contributed by atoms with Gasteiger partial charge in [0.25, 0.3) is 5.91 Å². The third kappa shape index (κ3) is 3.02. The summed E-state index contributed by atoms with van der Waals surface area (Å²) in [6, 6.07) is 9.82. The van der Waals surface area contributed by atoms with E-state index in [9.17, 15) is 4.79 Å². The number of likely N-dealkylation sites (tertiary alicyclic amines) is 1. The Morgan fingerprint density at radius 1 is 1.30 bits per heavy atom. The van der Waals surface area contributed by atoms with E-state index in [4.69, 9.17) is 4.74 Å². The third-order valence-corrected chi connectivity index (χ3v) is 5.30. The largest absolute Gasteiger partial charge is 0.368 e. The fourth-order valence-corrected chi connectivity index (χ4v) is 3.94. The van der Waals surface area contributed by atoms with E-state index in [-0.39, 0.29) is 18.1 Å². The van der Waals surface area contributed by atoms with Gasteiger partial charge in [-0.25, -0.2) is 4.68 Å². The summed E-state index contributed by atoms with van der Waals surface area (Å²) in [6.45, 7) is 2.41. The molecule has 3 aromatic rings. The minimum absolute atomic E-state index is 0.0378. The zero-order valence-corrected chi connectivity index (χ0v) is 14.8. The molecule has 0 saturated carbocycles. The van der Waals surface area contributed by atoms with Crippen molar-refractivity contribution in [3.63, 3.8) is 0 Å². The van der Waals surface area contributed by atoms with Crippen LogP contribution in [0, 0.1) is 0 Å². The number of carbonyl (C=O) groups is 1. The van der Waals surface area contributed by atoms with Crippen LogP contribution in [0.25, 0.3) is 0 Å². The topological polar surface area (TPSA) is 78.1 Å². The molecule has 0 bridgehead atoms. The number of aromatic nitrogens is 5. The van der Waals surface area contributed by atoms with Gasteiger partial charge in [-0.15, -0.1) is 5.10 Å². The zero-order valence-electron chi connectivity index (χ0n) is 14.8. The van der Waals surface area contributed by atoms with Crippen molar-refractivity contribution in [2.45, 2.75) is 31.7 Å². The van der Waals surface area contributed by atoms with E-state index in [1.807, 2.05) is 50.8 Å². The fraction of sp³-hybridized carbons (Fsp3) is 0.368. The lowest BCUT2D eigenvalue weighted by atomic mass is 9.99. The molecule has 4 heterocycles. The SMILES string of the molecule is O=C(c1cccc(Cn2cccn2)c1)N1CC[C@H]2[C@H](C1)OCc1cnnn12. The number of carbonyl (C=O) groups excluding carboxylic acids is 1. The monoisotopic (exact) mass is 364 g/mol. The molecule has 2 aromatic heterocycles. The van der Waals surface area contributed by atoms with Crippen molar-refractivity contribution in [3.8, 4) is 0 Å². The smallest absolute Gasteiger partial charge is 0.253 e. The van der Waals surface area contributed by atoms with Crippen molar-refractivity contribution in [2.75, 3.05) is 13.1 Å². The zero-order chi connectivity index (χ0) is 18.2. The number of ether oxygens (including phenoxy) is 1. The molecule has 0 spiro atoms. The number of rotatable bonds is 3. The predicted octanol–water partition coefficient (Wildman–Crippen LogP) is 1.51. The summed E-state index contributed by atoms with van der Waals surface area (Å²) in [7, 11) is 0. The van der Waals surface area contributed by atoms with Gasteiger partial charge in [-0.05, 0) is 30.2 Å². The molecule has 2 aliphatic rings. The van der Waals surface area contributed by atoms with Crippen LogP contribution >= 0.6 is 0 Å². The van der Waals surface area contributed by atoms with Crippen LogP contribution in [-0.2, 0) is 17.9 Å². The molecule has 1 fully saturated rings. The molecule has 2 atom stereocenters. The first-order valence-corrected chi connectivity index (χ1v) is 9.14. The maximum absolute atomic E-state index is 13.0. The van der Waals surface area contributed by atoms with E-state index in [0.29, 0.717) is 31.8 Å². The molecule has 0 N–H and O–H groups in total. The molecule has 2 aliphatic heterocycles. The highest BCUT2D eigenvalue weighted by Crippen LogP contribution is 2.31. The quantitative estimate of drug-likeness (QED) is 0.704. The third-order valence-electron chi connectivity index (χ3n) is 5.30. The van der Waals surface area contributed by atoms with Gasteiger partial charge in [0, 0.05) is 31.0 Å². The number of hydrogen-bond acceptors (Lipinski definition) is 5. The Morgan fingerprint density at radius 3 is 3.15 bits per heavy atom. The summed E-state index contributed by atoms with van der Waals surface area (Å²) < 4.78 is 9.78. The number of hydrogen-bond donors (Lipinski definition) is 0. The van der Waals surface area contributed by atoms with Gasteiger partial charge in [0.1, 0.15) is 0 Å². The molecule has 1 amide bonds. The van der Waals surface area contributed by atoms with E-state index in [1.54, 1.807) is 12.4 Å². The van der Waals surface area contributed by atoms with E-state index in [1.165, 1.54) is 0 Å². The Bertz CT molecular complexity index is 951. The van der Waals surface area contributed by atoms with Gasteiger partial charge in [0.15, 0.2) is 0 Å².